The van der Waals surface area contributed by atoms with E-state index < -0.39 is 0 Å². The molecule has 0 aliphatic carbocycles. The summed E-state index contributed by atoms with van der Waals surface area (Å²) in [6, 6.07) is 14.1. The standard InChI is InChI=1S/C28H33N7O2/c1-4-5-19-6-9-21(10-7-19)34(18(2)36)23-11-8-20(16-24(23)37-3)26-25-27(29)31-17-32-28(25)35(33-26)22-12-14-30-15-13-22/h6-11,16-17,22,30H,4-5,12-15H2,1-3H3,(H2,29,31,32). The molecule has 9 nitrogen and oxygen atoms in total. The number of amides is 1. The first-order chi connectivity index (χ1) is 18.0. The minimum absolute atomic E-state index is 0.104. The minimum atomic E-state index is -0.104. The van der Waals surface area contributed by atoms with Gasteiger partial charge in [-0.15, -0.1) is 0 Å². The SMILES string of the molecule is CCCc1ccc(N(C(C)=O)c2ccc(-c3nn(C4CCNCC4)c4ncnc(N)c34)cc2OC)cc1. The number of hydrogen-bond acceptors (Lipinski definition) is 7. The second kappa shape index (κ2) is 10.6. The number of fused-ring (bicyclic) bond motifs is 1. The molecule has 0 radical (unpaired) electrons. The number of aryl methyl sites for hydroxylation is 1. The average molecular weight is 500 g/mol. The van der Waals surface area contributed by atoms with Gasteiger partial charge in [0.25, 0.3) is 0 Å². The molecule has 2 aromatic carbocycles. The van der Waals surface area contributed by atoms with Crippen LogP contribution in [0.1, 0.15) is 44.7 Å². The molecule has 0 spiro atoms. The van der Waals surface area contributed by atoms with Crippen LogP contribution >= 0.6 is 0 Å². The fraction of sp³-hybridized carbons (Fsp3) is 0.357. The van der Waals surface area contributed by atoms with Crippen molar-refractivity contribution in [3.05, 3.63) is 54.4 Å². The smallest absolute Gasteiger partial charge is 0.228 e. The predicted octanol–water partition coefficient (Wildman–Crippen LogP) is 4.65. The number of nitrogens with one attached hydrogen (secondary N) is 1. The molecular formula is C28H33N7O2. The van der Waals surface area contributed by atoms with E-state index in [4.69, 9.17) is 15.6 Å². The third-order valence-corrected chi connectivity index (χ3v) is 6.91. The zero-order valence-electron chi connectivity index (χ0n) is 21.6. The lowest BCUT2D eigenvalue weighted by Crippen LogP contribution is -2.30. The number of nitrogens with zero attached hydrogens (tertiary/aromatic N) is 5. The summed E-state index contributed by atoms with van der Waals surface area (Å²) in [5.41, 5.74) is 11.3. The molecule has 0 atom stereocenters. The summed E-state index contributed by atoms with van der Waals surface area (Å²) < 4.78 is 7.78. The van der Waals surface area contributed by atoms with Crippen LogP contribution in [0.4, 0.5) is 17.2 Å². The number of piperidine rings is 1. The number of aromatic nitrogens is 4. The maximum atomic E-state index is 12.8. The van der Waals surface area contributed by atoms with E-state index in [0.29, 0.717) is 22.9 Å². The van der Waals surface area contributed by atoms with E-state index in [-0.39, 0.29) is 11.9 Å². The number of ether oxygens (including phenoxy) is 1. The molecule has 5 rings (SSSR count). The molecule has 2 aromatic heterocycles. The topological polar surface area (TPSA) is 111 Å². The first-order valence-corrected chi connectivity index (χ1v) is 12.8. The van der Waals surface area contributed by atoms with Crippen molar-refractivity contribution in [2.24, 2.45) is 0 Å². The van der Waals surface area contributed by atoms with Crippen molar-refractivity contribution in [2.75, 3.05) is 30.8 Å². The number of carbonyl (C=O) groups is 1. The van der Waals surface area contributed by atoms with Gasteiger partial charge in [0.15, 0.2) is 5.65 Å². The van der Waals surface area contributed by atoms with Gasteiger partial charge in [-0.3, -0.25) is 9.69 Å². The van der Waals surface area contributed by atoms with Gasteiger partial charge in [0.1, 0.15) is 23.6 Å². The van der Waals surface area contributed by atoms with Gasteiger partial charge < -0.3 is 15.8 Å². The summed E-state index contributed by atoms with van der Waals surface area (Å²) in [6.45, 7) is 5.58. The molecule has 1 saturated heterocycles. The predicted molar refractivity (Wildman–Crippen MR) is 146 cm³/mol. The highest BCUT2D eigenvalue weighted by molar-refractivity contribution is 6.02. The molecule has 3 heterocycles. The Bertz CT molecular complexity index is 1410. The van der Waals surface area contributed by atoms with Gasteiger partial charge in [0, 0.05) is 18.2 Å². The Morgan fingerprint density at radius 2 is 1.92 bits per heavy atom. The molecule has 3 N–H and O–H groups in total. The first-order valence-electron chi connectivity index (χ1n) is 12.8. The number of nitrogens with two attached hydrogens (primary N) is 1. The fourth-order valence-electron chi connectivity index (χ4n) is 5.10. The fourth-order valence-corrected chi connectivity index (χ4v) is 5.10. The molecule has 9 heteroatoms. The van der Waals surface area contributed by atoms with Crippen molar-refractivity contribution in [3.63, 3.8) is 0 Å². The molecule has 1 fully saturated rings. The van der Waals surface area contributed by atoms with Gasteiger partial charge in [0.05, 0.1) is 24.2 Å². The van der Waals surface area contributed by atoms with Gasteiger partial charge in [-0.25, -0.2) is 14.6 Å². The van der Waals surface area contributed by atoms with Gasteiger partial charge in [-0.2, -0.15) is 5.10 Å². The second-order valence-electron chi connectivity index (χ2n) is 9.39. The Labute approximate surface area is 216 Å². The van der Waals surface area contributed by atoms with E-state index in [1.54, 1.807) is 18.9 Å². The monoisotopic (exact) mass is 499 g/mol. The van der Waals surface area contributed by atoms with Gasteiger partial charge in [0.2, 0.25) is 5.91 Å². The Balaban J connectivity index is 1.59. The minimum Gasteiger partial charge on any atom is -0.495 e. The average Bonchev–Trinajstić information content (AvgIpc) is 3.31. The summed E-state index contributed by atoms with van der Waals surface area (Å²) >= 11 is 0. The van der Waals surface area contributed by atoms with Crippen LogP contribution in [-0.2, 0) is 11.2 Å². The number of benzene rings is 2. The Morgan fingerprint density at radius 1 is 1.16 bits per heavy atom. The number of anilines is 3. The van der Waals surface area contributed by atoms with Crippen molar-refractivity contribution in [1.29, 1.82) is 0 Å². The van der Waals surface area contributed by atoms with Gasteiger partial charge in [-0.1, -0.05) is 31.5 Å². The second-order valence-corrected chi connectivity index (χ2v) is 9.39. The largest absolute Gasteiger partial charge is 0.495 e. The van der Waals surface area contributed by atoms with Gasteiger partial charge >= 0.3 is 0 Å². The molecule has 1 aliphatic rings. The Morgan fingerprint density at radius 3 is 2.59 bits per heavy atom. The van der Waals surface area contributed by atoms with Crippen molar-refractivity contribution in [1.82, 2.24) is 25.1 Å². The van der Waals surface area contributed by atoms with E-state index in [1.165, 1.54) is 11.9 Å². The van der Waals surface area contributed by atoms with Crippen LogP contribution < -0.4 is 20.7 Å². The van der Waals surface area contributed by atoms with Crippen LogP contribution in [0.15, 0.2) is 48.8 Å². The number of rotatable bonds is 7. The number of methoxy groups -OCH3 is 1. The van der Waals surface area contributed by atoms with Crippen molar-refractivity contribution in [2.45, 2.75) is 45.6 Å². The zero-order valence-corrected chi connectivity index (χ0v) is 21.6. The third kappa shape index (κ3) is 4.74. The van der Waals surface area contributed by atoms with Crippen LogP contribution in [-0.4, -0.2) is 45.9 Å². The van der Waals surface area contributed by atoms with E-state index >= 15 is 0 Å². The molecule has 4 aromatic rings. The third-order valence-electron chi connectivity index (χ3n) is 6.91. The molecule has 0 unspecified atom stereocenters. The quantitative estimate of drug-likeness (QED) is 0.381. The molecule has 1 amide bonds. The van der Waals surface area contributed by atoms with Crippen LogP contribution in [0.25, 0.3) is 22.3 Å². The number of hydrogen-bond donors (Lipinski definition) is 2. The maximum absolute atomic E-state index is 12.8. The van der Waals surface area contributed by atoms with E-state index in [0.717, 1.165) is 61.1 Å². The highest BCUT2D eigenvalue weighted by Gasteiger charge is 2.25. The highest BCUT2D eigenvalue weighted by atomic mass is 16.5. The first kappa shape index (κ1) is 24.7. The number of nitrogen functional groups attached to an aromatic ring is 1. The van der Waals surface area contributed by atoms with Crippen LogP contribution in [0.3, 0.4) is 0 Å². The zero-order chi connectivity index (χ0) is 25.9. The maximum Gasteiger partial charge on any atom is 0.228 e. The molecule has 0 saturated carbocycles. The Hall–Kier alpha value is -3.98. The molecule has 1 aliphatic heterocycles. The van der Waals surface area contributed by atoms with E-state index in [2.05, 4.69) is 34.3 Å². The highest BCUT2D eigenvalue weighted by Crippen LogP contribution is 2.40. The molecular weight excluding hydrogens is 466 g/mol. The Kier molecular flexibility index (Phi) is 7.05. The van der Waals surface area contributed by atoms with Crippen LogP contribution in [0.2, 0.25) is 0 Å². The van der Waals surface area contributed by atoms with Crippen molar-refractivity contribution < 1.29 is 9.53 Å². The summed E-state index contributed by atoms with van der Waals surface area (Å²) in [7, 11) is 1.61. The molecule has 0 bridgehead atoms. The van der Waals surface area contributed by atoms with Crippen LogP contribution in [0.5, 0.6) is 5.75 Å². The van der Waals surface area contributed by atoms with Crippen LogP contribution in [0, 0.1) is 0 Å². The van der Waals surface area contributed by atoms with E-state index in [9.17, 15) is 4.79 Å². The van der Waals surface area contributed by atoms with Crippen molar-refractivity contribution in [3.8, 4) is 17.0 Å². The van der Waals surface area contributed by atoms with E-state index in [1.807, 2.05) is 35.0 Å². The number of carbonyl (C=O) groups excluding carboxylic acids is 1. The van der Waals surface area contributed by atoms with Gasteiger partial charge in [-0.05, 0) is 62.2 Å². The summed E-state index contributed by atoms with van der Waals surface area (Å²) in [6.07, 6.45) is 5.49. The molecule has 37 heavy (non-hydrogen) atoms. The molecule has 192 valence electrons. The summed E-state index contributed by atoms with van der Waals surface area (Å²) in [5.74, 6) is 0.846. The lowest BCUT2D eigenvalue weighted by atomic mass is 10.1. The normalized spacial score (nSPS) is 14.1. The van der Waals surface area contributed by atoms with Crippen molar-refractivity contribution >= 4 is 34.1 Å². The summed E-state index contributed by atoms with van der Waals surface area (Å²) in [5, 5.41) is 9.11. The summed E-state index contributed by atoms with van der Waals surface area (Å²) in [4.78, 5) is 23.2. The lowest BCUT2D eigenvalue weighted by Gasteiger charge is -2.24. The lowest BCUT2D eigenvalue weighted by molar-refractivity contribution is -0.115.